The van der Waals surface area contributed by atoms with Gasteiger partial charge >= 0.3 is 5.63 Å². The third kappa shape index (κ3) is 1.73. The van der Waals surface area contributed by atoms with Gasteiger partial charge in [-0.3, -0.25) is 4.98 Å². The van der Waals surface area contributed by atoms with Crippen LogP contribution >= 0.6 is 0 Å². The van der Waals surface area contributed by atoms with E-state index in [0.29, 0.717) is 5.58 Å². The molecular weight excluding hydrogens is 230 g/mol. The van der Waals surface area contributed by atoms with Crippen molar-refractivity contribution in [2.45, 2.75) is 0 Å². The van der Waals surface area contributed by atoms with Crippen LogP contribution < -0.4 is 5.63 Å². The lowest BCUT2D eigenvalue weighted by Gasteiger charge is -2.05. The van der Waals surface area contributed by atoms with Crippen LogP contribution in [-0.4, -0.2) is 10.1 Å². The molecule has 2 aromatic heterocycles. The highest BCUT2D eigenvalue weighted by Gasteiger charge is 2.08. The van der Waals surface area contributed by atoms with Gasteiger partial charge in [0.2, 0.25) is 0 Å². The van der Waals surface area contributed by atoms with E-state index in [4.69, 9.17) is 4.42 Å². The first kappa shape index (κ1) is 10.5. The summed E-state index contributed by atoms with van der Waals surface area (Å²) < 4.78 is 5.07. The van der Waals surface area contributed by atoms with Crippen LogP contribution in [0, 0.1) is 0 Å². The molecule has 3 rings (SSSR count). The fourth-order valence-corrected chi connectivity index (χ4v) is 1.91. The highest BCUT2D eigenvalue weighted by atomic mass is 16.4. The number of pyridine rings is 1. The third-order valence-electron chi connectivity index (χ3n) is 2.70. The van der Waals surface area contributed by atoms with Crippen molar-refractivity contribution in [3.05, 3.63) is 59.2 Å². The van der Waals surface area contributed by atoms with Crippen molar-refractivity contribution >= 4 is 11.0 Å². The molecule has 0 saturated heterocycles. The summed E-state index contributed by atoms with van der Waals surface area (Å²) in [6.07, 6.45) is 3.35. The molecule has 2 heterocycles. The minimum Gasteiger partial charge on any atom is -0.508 e. The van der Waals surface area contributed by atoms with Gasteiger partial charge in [0.15, 0.2) is 0 Å². The highest BCUT2D eigenvalue weighted by Crippen LogP contribution is 2.28. The van der Waals surface area contributed by atoms with Gasteiger partial charge in [-0.25, -0.2) is 4.79 Å². The first-order valence-corrected chi connectivity index (χ1v) is 5.41. The topological polar surface area (TPSA) is 63.3 Å². The summed E-state index contributed by atoms with van der Waals surface area (Å²) in [4.78, 5) is 15.6. The molecule has 18 heavy (non-hydrogen) atoms. The Hall–Kier alpha value is -2.62. The molecule has 0 saturated carbocycles. The van der Waals surface area contributed by atoms with Crippen molar-refractivity contribution in [2.24, 2.45) is 0 Å². The molecule has 0 atom stereocenters. The second-order valence-corrected chi connectivity index (χ2v) is 3.90. The van der Waals surface area contributed by atoms with Crippen LogP contribution in [0.4, 0.5) is 0 Å². The normalized spacial score (nSPS) is 10.7. The van der Waals surface area contributed by atoms with Crippen LogP contribution in [0.5, 0.6) is 5.75 Å². The highest BCUT2D eigenvalue weighted by molar-refractivity contribution is 5.93. The van der Waals surface area contributed by atoms with Gasteiger partial charge in [-0.15, -0.1) is 0 Å². The summed E-state index contributed by atoms with van der Waals surface area (Å²) >= 11 is 0. The molecule has 3 aromatic rings. The molecule has 0 radical (unpaired) electrons. The number of hydrogen-bond acceptors (Lipinski definition) is 4. The lowest BCUT2D eigenvalue weighted by atomic mass is 10.0. The second-order valence-electron chi connectivity index (χ2n) is 3.90. The van der Waals surface area contributed by atoms with E-state index in [0.717, 1.165) is 16.5 Å². The number of fused-ring (bicyclic) bond motifs is 1. The molecule has 88 valence electrons. The molecule has 0 fully saturated rings. The van der Waals surface area contributed by atoms with Crippen molar-refractivity contribution in [1.29, 1.82) is 0 Å². The number of benzene rings is 1. The molecule has 0 bridgehead atoms. The van der Waals surface area contributed by atoms with Crippen LogP contribution in [0.25, 0.3) is 22.1 Å². The van der Waals surface area contributed by atoms with E-state index in [-0.39, 0.29) is 5.75 Å². The monoisotopic (exact) mass is 239 g/mol. The molecule has 1 aromatic carbocycles. The van der Waals surface area contributed by atoms with Gasteiger partial charge in [-0.1, -0.05) is 6.07 Å². The van der Waals surface area contributed by atoms with Gasteiger partial charge in [0.25, 0.3) is 0 Å². The standard InChI is InChI=1S/C14H9NO3/c16-10-3-4-11-12(9-2-1-5-15-8-9)7-14(17)18-13(11)6-10/h1-8,16H. The summed E-state index contributed by atoms with van der Waals surface area (Å²) in [5, 5.41) is 10.2. The van der Waals surface area contributed by atoms with E-state index in [2.05, 4.69) is 4.98 Å². The molecular formula is C14H9NO3. The molecule has 4 heteroatoms. The van der Waals surface area contributed by atoms with Gasteiger partial charge in [0.05, 0.1) is 0 Å². The van der Waals surface area contributed by atoms with Crippen molar-refractivity contribution < 1.29 is 9.52 Å². The van der Waals surface area contributed by atoms with Crippen molar-refractivity contribution in [1.82, 2.24) is 4.98 Å². The molecule has 0 amide bonds. The lowest BCUT2D eigenvalue weighted by Crippen LogP contribution is -1.98. The van der Waals surface area contributed by atoms with Gasteiger partial charge in [-0.2, -0.15) is 0 Å². The van der Waals surface area contributed by atoms with E-state index in [1.54, 1.807) is 30.6 Å². The number of phenolic OH excluding ortho intramolecular Hbond substituents is 1. The first-order chi connectivity index (χ1) is 8.74. The second kappa shape index (κ2) is 4.00. The number of nitrogens with zero attached hydrogens (tertiary/aromatic N) is 1. The van der Waals surface area contributed by atoms with Crippen LogP contribution in [-0.2, 0) is 0 Å². The van der Waals surface area contributed by atoms with Crippen molar-refractivity contribution in [3.8, 4) is 16.9 Å². The quantitative estimate of drug-likeness (QED) is 0.663. The number of aromatic nitrogens is 1. The SMILES string of the molecule is O=c1cc(-c2cccnc2)c2ccc(O)cc2o1. The van der Waals surface area contributed by atoms with E-state index < -0.39 is 5.63 Å². The maximum atomic E-state index is 11.5. The van der Waals surface area contributed by atoms with Gasteiger partial charge in [0.1, 0.15) is 11.3 Å². The third-order valence-corrected chi connectivity index (χ3v) is 2.70. The minimum atomic E-state index is -0.452. The van der Waals surface area contributed by atoms with E-state index in [1.807, 2.05) is 6.07 Å². The molecule has 0 aliphatic carbocycles. The zero-order chi connectivity index (χ0) is 12.5. The fourth-order valence-electron chi connectivity index (χ4n) is 1.91. The Morgan fingerprint density at radius 2 is 2.06 bits per heavy atom. The lowest BCUT2D eigenvalue weighted by molar-refractivity contribution is 0.473. The Morgan fingerprint density at radius 3 is 2.83 bits per heavy atom. The Balaban J connectivity index is 2.39. The maximum Gasteiger partial charge on any atom is 0.336 e. The first-order valence-electron chi connectivity index (χ1n) is 5.41. The number of rotatable bonds is 1. The largest absolute Gasteiger partial charge is 0.508 e. The number of aromatic hydroxyl groups is 1. The zero-order valence-electron chi connectivity index (χ0n) is 9.33. The van der Waals surface area contributed by atoms with Gasteiger partial charge < -0.3 is 9.52 Å². The van der Waals surface area contributed by atoms with Crippen molar-refractivity contribution in [3.63, 3.8) is 0 Å². The Kier molecular flexibility index (Phi) is 2.34. The zero-order valence-corrected chi connectivity index (χ0v) is 9.33. The molecule has 0 unspecified atom stereocenters. The summed E-state index contributed by atoms with van der Waals surface area (Å²) in [5.74, 6) is 0.0639. The Labute approximate surface area is 102 Å². The maximum absolute atomic E-state index is 11.5. The van der Waals surface area contributed by atoms with Crippen LogP contribution in [0.3, 0.4) is 0 Å². The van der Waals surface area contributed by atoms with Gasteiger partial charge in [0, 0.05) is 41.0 Å². The molecule has 4 nitrogen and oxygen atoms in total. The molecule has 0 aliphatic rings. The van der Waals surface area contributed by atoms with Crippen LogP contribution in [0.1, 0.15) is 0 Å². The minimum absolute atomic E-state index is 0.0639. The average Bonchev–Trinajstić information content (AvgIpc) is 2.38. The predicted octanol–water partition coefficient (Wildman–Crippen LogP) is 2.56. The predicted molar refractivity (Wildman–Crippen MR) is 67.4 cm³/mol. The Morgan fingerprint density at radius 1 is 1.17 bits per heavy atom. The summed E-state index contributed by atoms with van der Waals surface area (Å²) in [7, 11) is 0. The Bertz CT molecular complexity index is 763. The molecule has 0 spiro atoms. The van der Waals surface area contributed by atoms with Crippen LogP contribution in [0.2, 0.25) is 0 Å². The van der Waals surface area contributed by atoms with Gasteiger partial charge in [-0.05, 0) is 18.2 Å². The van der Waals surface area contributed by atoms with E-state index >= 15 is 0 Å². The van der Waals surface area contributed by atoms with Crippen molar-refractivity contribution in [2.75, 3.05) is 0 Å². The summed E-state index contributed by atoms with van der Waals surface area (Å²) in [6.45, 7) is 0. The average molecular weight is 239 g/mol. The summed E-state index contributed by atoms with van der Waals surface area (Å²) in [6, 6.07) is 9.80. The summed E-state index contributed by atoms with van der Waals surface area (Å²) in [5.41, 5.74) is 1.49. The number of hydrogen-bond donors (Lipinski definition) is 1. The smallest absolute Gasteiger partial charge is 0.336 e. The van der Waals surface area contributed by atoms with Crippen LogP contribution in [0.15, 0.2) is 58.0 Å². The van der Waals surface area contributed by atoms with E-state index in [1.165, 1.54) is 12.1 Å². The number of phenols is 1. The molecule has 1 N–H and O–H groups in total. The fraction of sp³-hybridized carbons (Fsp3) is 0. The molecule has 0 aliphatic heterocycles. The van der Waals surface area contributed by atoms with E-state index in [9.17, 15) is 9.90 Å².